The van der Waals surface area contributed by atoms with Gasteiger partial charge in [-0.25, -0.2) is 4.39 Å². The number of aliphatic imine (C=N–C) groups is 1. The highest BCUT2D eigenvalue weighted by atomic mass is 127. The Kier molecular flexibility index (Phi) is 9.79. The lowest BCUT2D eigenvalue weighted by Gasteiger charge is -2.18. The van der Waals surface area contributed by atoms with Crippen molar-refractivity contribution in [1.29, 1.82) is 0 Å². The van der Waals surface area contributed by atoms with Crippen molar-refractivity contribution in [3.05, 3.63) is 59.9 Å². The largest absolute Gasteiger partial charge is 0.497 e. The lowest BCUT2D eigenvalue weighted by atomic mass is 10.2. The topological polar surface area (TPSA) is 54.9 Å². The van der Waals surface area contributed by atoms with Crippen molar-refractivity contribution >= 4 is 29.9 Å². The molecule has 7 heteroatoms. The lowest BCUT2D eigenvalue weighted by Crippen LogP contribution is -2.41. The maximum atomic E-state index is 12.9. The maximum Gasteiger partial charge on any atom is 0.191 e. The van der Waals surface area contributed by atoms with E-state index in [9.17, 15) is 4.39 Å². The third kappa shape index (κ3) is 7.47. The van der Waals surface area contributed by atoms with Gasteiger partial charge in [0.05, 0.1) is 13.7 Å². The summed E-state index contributed by atoms with van der Waals surface area (Å²) in [5.41, 5.74) is 0.977. The highest BCUT2D eigenvalue weighted by Gasteiger charge is 2.06. The van der Waals surface area contributed by atoms with Crippen molar-refractivity contribution in [2.45, 2.75) is 19.6 Å². The van der Waals surface area contributed by atoms with E-state index in [1.54, 1.807) is 26.3 Å². The van der Waals surface area contributed by atoms with Crippen LogP contribution in [0.1, 0.15) is 12.5 Å². The van der Waals surface area contributed by atoms with Crippen LogP contribution in [0.2, 0.25) is 0 Å². The van der Waals surface area contributed by atoms with Gasteiger partial charge in [-0.1, -0.05) is 18.2 Å². The Morgan fingerprint density at radius 3 is 2.46 bits per heavy atom. The number of nitrogens with zero attached hydrogens (tertiary/aromatic N) is 1. The van der Waals surface area contributed by atoms with E-state index in [0.717, 1.165) is 17.1 Å². The van der Waals surface area contributed by atoms with Crippen molar-refractivity contribution in [3.63, 3.8) is 0 Å². The first-order valence-electron chi connectivity index (χ1n) is 8.10. The Balaban J connectivity index is 0.00000338. The van der Waals surface area contributed by atoms with Gasteiger partial charge in [-0.2, -0.15) is 0 Å². The molecule has 2 rings (SSSR count). The standard InChI is InChI=1S/C19H24FN3O2.HI/c1-14(25-18-6-4-5-17(11-18)24-3)12-22-19(21-2)23-13-15-7-9-16(20)10-8-15;/h4-11,14H,12-13H2,1-3H3,(H2,21,22,23);1H. The SMILES string of the molecule is CN=C(NCc1ccc(F)cc1)NCC(C)Oc1cccc(OC)c1.I. The highest BCUT2D eigenvalue weighted by molar-refractivity contribution is 14.0. The third-order valence-corrected chi connectivity index (χ3v) is 3.53. The number of halogens is 2. The first kappa shape index (κ1) is 22.0. The smallest absolute Gasteiger partial charge is 0.191 e. The molecule has 26 heavy (non-hydrogen) atoms. The average molecular weight is 473 g/mol. The van der Waals surface area contributed by atoms with E-state index in [-0.39, 0.29) is 35.9 Å². The van der Waals surface area contributed by atoms with Gasteiger partial charge in [-0.15, -0.1) is 24.0 Å². The van der Waals surface area contributed by atoms with Gasteiger partial charge in [0.15, 0.2) is 5.96 Å². The normalized spacial score (nSPS) is 11.9. The van der Waals surface area contributed by atoms with Crippen LogP contribution < -0.4 is 20.1 Å². The van der Waals surface area contributed by atoms with E-state index in [4.69, 9.17) is 9.47 Å². The van der Waals surface area contributed by atoms with E-state index in [0.29, 0.717) is 19.0 Å². The predicted octanol–water partition coefficient (Wildman–Crippen LogP) is 3.58. The Morgan fingerprint density at radius 2 is 1.81 bits per heavy atom. The molecule has 1 atom stereocenters. The number of guanidine groups is 1. The number of hydrogen-bond acceptors (Lipinski definition) is 3. The molecule has 0 saturated heterocycles. The Bertz CT molecular complexity index is 695. The minimum absolute atomic E-state index is 0. The summed E-state index contributed by atoms with van der Waals surface area (Å²) in [6.07, 6.45) is -0.0588. The molecule has 5 nitrogen and oxygen atoms in total. The molecule has 0 heterocycles. The minimum atomic E-state index is -0.241. The van der Waals surface area contributed by atoms with Gasteiger partial charge in [0, 0.05) is 19.7 Å². The van der Waals surface area contributed by atoms with E-state index >= 15 is 0 Å². The van der Waals surface area contributed by atoms with Crippen LogP contribution in [0.5, 0.6) is 11.5 Å². The fraction of sp³-hybridized carbons (Fsp3) is 0.316. The first-order chi connectivity index (χ1) is 12.1. The molecule has 1 unspecified atom stereocenters. The van der Waals surface area contributed by atoms with Gasteiger partial charge in [0.25, 0.3) is 0 Å². The number of nitrogens with one attached hydrogen (secondary N) is 2. The zero-order valence-corrected chi connectivity index (χ0v) is 17.5. The summed E-state index contributed by atoms with van der Waals surface area (Å²) in [6, 6.07) is 13.9. The summed E-state index contributed by atoms with van der Waals surface area (Å²) in [4.78, 5) is 4.17. The first-order valence-corrected chi connectivity index (χ1v) is 8.10. The molecule has 0 saturated carbocycles. The Morgan fingerprint density at radius 1 is 1.12 bits per heavy atom. The molecule has 2 N–H and O–H groups in total. The van der Waals surface area contributed by atoms with Crippen LogP contribution in [0.3, 0.4) is 0 Å². The zero-order chi connectivity index (χ0) is 18.1. The molecule has 0 radical (unpaired) electrons. The van der Waals surface area contributed by atoms with Gasteiger partial charge >= 0.3 is 0 Å². The van der Waals surface area contributed by atoms with Crippen molar-refractivity contribution in [2.75, 3.05) is 20.7 Å². The van der Waals surface area contributed by atoms with Crippen LogP contribution in [-0.4, -0.2) is 32.8 Å². The van der Waals surface area contributed by atoms with E-state index in [2.05, 4.69) is 15.6 Å². The zero-order valence-electron chi connectivity index (χ0n) is 15.2. The number of methoxy groups -OCH3 is 1. The van der Waals surface area contributed by atoms with Crippen LogP contribution >= 0.6 is 24.0 Å². The summed E-state index contributed by atoms with van der Waals surface area (Å²) in [5, 5.41) is 6.39. The van der Waals surface area contributed by atoms with Gasteiger partial charge in [0.2, 0.25) is 0 Å². The molecule has 0 bridgehead atoms. The van der Waals surface area contributed by atoms with Gasteiger partial charge in [-0.05, 0) is 36.8 Å². The van der Waals surface area contributed by atoms with Crippen molar-refractivity contribution in [2.24, 2.45) is 4.99 Å². The van der Waals surface area contributed by atoms with E-state index < -0.39 is 0 Å². The Hall–Kier alpha value is -2.03. The summed E-state index contributed by atoms with van der Waals surface area (Å²) in [5.74, 6) is 1.93. The fourth-order valence-electron chi connectivity index (χ4n) is 2.20. The van der Waals surface area contributed by atoms with E-state index in [1.807, 2.05) is 31.2 Å². The molecule has 0 fully saturated rings. The predicted molar refractivity (Wildman–Crippen MR) is 113 cm³/mol. The summed E-state index contributed by atoms with van der Waals surface area (Å²) >= 11 is 0. The number of benzene rings is 2. The molecule has 142 valence electrons. The quantitative estimate of drug-likeness (QED) is 0.367. The van der Waals surface area contributed by atoms with Gasteiger partial charge in [-0.3, -0.25) is 4.99 Å². The number of rotatable bonds is 7. The summed E-state index contributed by atoms with van der Waals surface area (Å²) in [6.45, 7) is 3.12. The molecule has 0 amide bonds. The molecule has 0 aliphatic rings. The second-order valence-corrected chi connectivity index (χ2v) is 5.54. The van der Waals surface area contributed by atoms with Crippen LogP contribution in [0, 0.1) is 5.82 Å². The average Bonchev–Trinajstić information content (AvgIpc) is 2.63. The molecule has 0 spiro atoms. The van der Waals surface area contributed by atoms with Crippen LogP contribution in [0.15, 0.2) is 53.5 Å². The van der Waals surface area contributed by atoms with Gasteiger partial charge in [0.1, 0.15) is 23.4 Å². The molecule has 0 aromatic heterocycles. The second kappa shape index (κ2) is 11.6. The van der Waals surface area contributed by atoms with Crippen LogP contribution in [0.25, 0.3) is 0 Å². The molecular weight excluding hydrogens is 448 g/mol. The van der Waals surface area contributed by atoms with Crippen LogP contribution in [0.4, 0.5) is 4.39 Å². The minimum Gasteiger partial charge on any atom is -0.497 e. The second-order valence-electron chi connectivity index (χ2n) is 5.54. The molecule has 2 aromatic rings. The van der Waals surface area contributed by atoms with Crippen molar-refractivity contribution in [1.82, 2.24) is 10.6 Å². The Labute approximate surface area is 171 Å². The molecule has 2 aromatic carbocycles. The van der Waals surface area contributed by atoms with Crippen molar-refractivity contribution in [3.8, 4) is 11.5 Å². The number of ether oxygens (including phenoxy) is 2. The summed E-state index contributed by atoms with van der Waals surface area (Å²) in [7, 11) is 3.33. The lowest BCUT2D eigenvalue weighted by molar-refractivity contribution is 0.223. The van der Waals surface area contributed by atoms with Crippen LogP contribution in [-0.2, 0) is 6.54 Å². The molecular formula is C19H25FIN3O2. The summed E-state index contributed by atoms with van der Waals surface area (Å²) < 4.78 is 24.0. The molecule has 0 aliphatic heterocycles. The number of hydrogen-bond donors (Lipinski definition) is 2. The maximum absolute atomic E-state index is 12.9. The highest BCUT2D eigenvalue weighted by Crippen LogP contribution is 2.19. The van der Waals surface area contributed by atoms with E-state index in [1.165, 1.54) is 12.1 Å². The fourth-order valence-corrected chi connectivity index (χ4v) is 2.20. The molecule has 0 aliphatic carbocycles. The monoisotopic (exact) mass is 473 g/mol. The third-order valence-electron chi connectivity index (χ3n) is 3.53. The van der Waals surface area contributed by atoms with Gasteiger partial charge < -0.3 is 20.1 Å². The van der Waals surface area contributed by atoms with Crippen molar-refractivity contribution < 1.29 is 13.9 Å².